The van der Waals surface area contributed by atoms with Crippen LogP contribution in [0, 0.1) is 22.7 Å². The number of hydrogen-bond donors (Lipinski definition) is 0. The molecular formula is C50H30N4. The van der Waals surface area contributed by atoms with Gasteiger partial charge in [-0.2, -0.15) is 10.5 Å². The Morgan fingerprint density at radius 3 is 1.13 bits per heavy atom. The smallest absolute Gasteiger partial charge is 0.0991 e. The fraction of sp³-hybridized carbons (Fsp3) is 0. The summed E-state index contributed by atoms with van der Waals surface area (Å²) in [5.74, 6) is 0. The number of benzene rings is 8. The minimum atomic E-state index is 0.624. The van der Waals surface area contributed by atoms with E-state index < -0.39 is 0 Å². The average Bonchev–Trinajstić information content (AvgIpc) is 3.75. The first-order chi connectivity index (χ1) is 26.7. The van der Waals surface area contributed by atoms with E-state index >= 15 is 0 Å². The van der Waals surface area contributed by atoms with E-state index in [0.29, 0.717) is 11.1 Å². The first-order valence-corrected chi connectivity index (χ1v) is 18.0. The summed E-state index contributed by atoms with van der Waals surface area (Å²) in [5, 5.41) is 24.0. The van der Waals surface area contributed by atoms with E-state index in [1.54, 1.807) is 0 Å². The SMILES string of the molecule is N#Cc1ccc2c(c1)c1cc(-c3ccc4c(c3)c3cc(C#N)ccc3n4-c3cc(-c4ccccc4)cc(-c4ccccc4)c3)ccc1n2-c1ccccc1. The summed E-state index contributed by atoms with van der Waals surface area (Å²) in [6, 6.07) is 68.1. The van der Waals surface area contributed by atoms with Crippen LogP contribution in [0.25, 0.3) is 88.4 Å². The summed E-state index contributed by atoms with van der Waals surface area (Å²) in [5.41, 5.74) is 14.3. The molecular weight excluding hydrogens is 657 g/mol. The zero-order valence-electron chi connectivity index (χ0n) is 29.1. The Labute approximate surface area is 312 Å². The number of nitriles is 2. The zero-order chi connectivity index (χ0) is 36.2. The van der Waals surface area contributed by atoms with Gasteiger partial charge in [0, 0.05) is 32.9 Å². The van der Waals surface area contributed by atoms with Gasteiger partial charge in [-0.15, -0.1) is 0 Å². The van der Waals surface area contributed by atoms with Crippen molar-refractivity contribution in [1.29, 1.82) is 10.5 Å². The maximum absolute atomic E-state index is 9.98. The van der Waals surface area contributed by atoms with Gasteiger partial charge >= 0.3 is 0 Å². The van der Waals surface area contributed by atoms with Crippen LogP contribution in [0.4, 0.5) is 0 Å². The normalized spacial score (nSPS) is 11.3. The molecule has 8 aromatic carbocycles. The van der Waals surface area contributed by atoms with Crippen LogP contribution in [-0.2, 0) is 0 Å². The lowest BCUT2D eigenvalue weighted by Gasteiger charge is -2.14. The first-order valence-electron chi connectivity index (χ1n) is 18.0. The Morgan fingerprint density at radius 1 is 0.296 bits per heavy atom. The fourth-order valence-corrected chi connectivity index (χ4v) is 8.01. The van der Waals surface area contributed by atoms with Crippen molar-refractivity contribution in [2.45, 2.75) is 0 Å². The maximum Gasteiger partial charge on any atom is 0.0991 e. The van der Waals surface area contributed by atoms with Crippen LogP contribution in [0.15, 0.2) is 182 Å². The number of fused-ring (bicyclic) bond motifs is 6. The highest BCUT2D eigenvalue weighted by atomic mass is 15.0. The second-order valence-electron chi connectivity index (χ2n) is 13.7. The van der Waals surface area contributed by atoms with Gasteiger partial charge in [-0.1, -0.05) is 91.0 Å². The third-order valence-electron chi connectivity index (χ3n) is 10.5. The third kappa shape index (κ3) is 5.06. The molecule has 4 nitrogen and oxygen atoms in total. The molecule has 10 aromatic rings. The first kappa shape index (κ1) is 31.1. The minimum Gasteiger partial charge on any atom is -0.309 e. The maximum atomic E-state index is 9.98. The predicted octanol–water partition coefficient (Wildman–Crippen LogP) is 12.6. The van der Waals surface area contributed by atoms with Gasteiger partial charge in [-0.3, -0.25) is 0 Å². The van der Waals surface area contributed by atoms with Crippen LogP contribution < -0.4 is 0 Å². The van der Waals surface area contributed by atoms with Crippen molar-refractivity contribution in [1.82, 2.24) is 9.13 Å². The molecule has 2 aromatic heterocycles. The number of rotatable bonds is 5. The van der Waals surface area contributed by atoms with Gasteiger partial charge in [0.15, 0.2) is 0 Å². The van der Waals surface area contributed by atoms with Gasteiger partial charge < -0.3 is 9.13 Å². The van der Waals surface area contributed by atoms with Crippen LogP contribution in [0.3, 0.4) is 0 Å². The highest BCUT2D eigenvalue weighted by Crippen LogP contribution is 2.40. The van der Waals surface area contributed by atoms with E-state index in [1.807, 2.05) is 48.5 Å². The van der Waals surface area contributed by atoms with Crippen molar-refractivity contribution < 1.29 is 0 Å². The second kappa shape index (κ2) is 12.5. The summed E-state index contributed by atoms with van der Waals surface area (Å²) in [6.07, 6.45) is 0. The molecule has 0 aliphatic heterocycles. The number of hydrogen-bond acceptors (Lipinski definition) is 2. The molecule has 0 saturated carbocycles. The molecule has 0 fully saturated rings. The van der Waals surface area contributed by atoms with E-state index in [9.17, 15) is 10.5 Å². The monoisotopic (exact) mass is 686 g/mol. The van der Waals surface area contributed by atoms with Gasteiger partial charge in [0.05, 0.1) is 45.3 Å². The second-order valence-corrected chi connectivity index (χ2v) is 13.7. The van der Waals surface area contributed by atoms with E-state index in [1.165, 1.54) is 0 Å². The molecule has 0 aliphatic rings. The van der Waals surface area contributed by atoms with Gasteiger partial charge in [0.25, 0.3) is 0 Å². The van der Waals surface area contributed by atoms with Gasteiger partial charge in [0.2, 0.25) is 0 Å². The molecule has 0 N–H and O–H groups in total. The topological polar surface area (TPSA) is 57.4 Å². The van der Waals surface area contributed by atoms with Crippen molar-refractivity contribution >= 4 is 43.6 Å². The van der Waals surface area contributed by atoms with Gasteiger partial charge in [-0.05, 0) is 124 Å². The highest BCUT2D eigenvalue weighted by Gasteiger charge is 2.18. The molecule has 2 heterocycles. The Hall–Kier alpha value is -7.66. The molecule has 250 valence electrons. The van der Waals surface area contributed by atoms with Crippen LogP contribution >= 0.6 is 0 Å². The molecule has 0 radical (unpaired) electrons. The van der Waals surface area contributed by atoms with Crippen LogP contribution in [-0.4, -0.2) is 9.13 Å². The third-order valence-corrected chi connectivity index (χ3v) is 10.5. The quantitative estimate of drug-likeness (QED) is 0.181. The molecule has 0 atom stereocenters. The molecule has 54 heavy (non-hydrogen) atoms. The number of nitrogens with zero attached hydrogens (tertiary/aromatic N) is 4. The van der Waals surface area contributed by atoms with Crippen molar-refractivity contribution in [3.05, 3.63) is 193 Å². The van der Waals surface area contributed by atoms with E-state index in [2.05, 4.69) is 155 Å². The van der Waals surface area contributed by atoms with Crippen LogP contribution in [0.2, 0.25) is 0 Å². The predicted molar refractivity (Wildman–Crippen MR) is 221 cm³/mol. The Balaban J connectivity index is 1.20. The molecule has 0 unspecified atom stereocenters. The van der Waals surface area contributed by atoms with Crippen molar-refractivity contribution in [3.63, 3.8) is 0 Å². The summed E-state index contributed by atoms with van der Waals surface area (Å²) >= 11 is 0. The number of aromatic nitrogens is 2. The van der Waals surface area contributed by atoms with Crippen molar-refractivity contribution in [3.8, 4) is 56.9 Å². The van der Waals surface area contributed by atoms with Crippen LogP contribution in [0.1, 0.15) is 11.1 Å². The highest BCUT2D eigenvalue weighted by molar-refractivity contribution is 6.13. The van der Waals surface area contributed by atoms with Crippen LogP contribution in [0.5, 0.6) is 0 Å². The minimum absolute atomic E-state index is 0.624. The summed E-state index contributed by atoms with van der Waals surface area (Å²) < 4.78 is 4.59. The van der Waals surface area contributed by atoms with Crippen molar-refractivity contribution in [2.75, 3.05) is 0 Å². The lowest BCUT2D eigenvalue weighted by atomic mass is 9.98. The molecule has 0 aliphatic carbocycles. The standard InChI is InChI=1S/C50H30N4/c51-31-33-16-20-47-43(24-33)45-29-37(18-22-49(45)53(47)41-14-8-3-9-15-41)38-19-23-50-46(30-38)44-25-34(32-52)17-21-48(44)54(50)42-27-39(35-10-4-1-5-11-35)26-40(28-42)36-12-6-2-7-13-36/h1-30H. The molecule has 0 bridgehead atoms. The zero-order valence-corrected chi connectivity index (χ0v) is 29.1. The number of para-hydroxylation sites is 1. The van der Waals surface area contributed by atoms with E-state index in [-0.39, 0.29) is 0 Å². The Morgan fingerprint density at radius 2 is 0.685 bits per heavy atom. The lowest BCUT2D eigenvalue weighted by molar-refractivity contribution is 1.18. The molecule has 0 saturated heterocycles. The van der Waals surface area contributed by atoms with E-state index in [0.717, 1.165) is 88.4 Å². The Kier molecular flexibility index (Phi) is 7.22. The molecule has 10 rings (SSSR count). The summed E-state index contributed by atoms with van der Waals surface area (Å²) in [4.78, 5) is 0. The fourth-order valence-electron chi connectivity index (χ4n) is 8.01. The molecule has 4 heteroatoms. The summed E-state index contributed by atoms with van der Waals surface area (Å²) in [7, 11) is 0. The average molecular weight is 687 g/mol. The van der Waals surface area contributed by atoms with Crippen molar-refractivity contribution in [2.24, 2.45) is 0 Å². The van der Waals surface area contributed by atoms with Gasteiger partial charge in [0.1, 0.15) is 0 Å². The molecule has 0 spiro atoms. The largest absolute Gasteiger partial charge is 0.309 e. The summed E-state index contributed by atoms with van der Waals surface area (Å²) in [6.45, 7) is 0. The Bertz CT molecular complexity index is 3100. The van der Waals surface area contributed by atoms with Gasteiger partial charge in [-0.25, -0.2) is 0 Å². The molecule has 0 amide bonds. The lowest BCUT2D eigenvalue weighted by Crippen LogP contribution is -1.96. The van der Waals surface area contributed by atoms with E-state index in [4.69, 9.17) is 0 Å².